The molecule has 0 atom stereocenters. The Labute approximate surface area is 163 Å². The molecule has 0 aromatic heterocycles. The Bertz CT molecular complexity index is 824. The fraction of sp³-hybridized carbons (Fsp3) is 0.111. The van der Waals surface area contributed by atoms with Crippen molar-refractivity contribution in [3.05, 3.63) is 63.5 Å². The summed E-state index contributed by atoms with van der Waals surface area (Å²) in [6.07, 6.45) is 1.78. The first-order chi connectivity index (χ1) is 12.1. The zero-order valence-electron chi connectivity index (χ0n) is 13.0. The molecule has 0 bridgehead atoms. The molecule has 128 valence electrons. The molecule has 1 fully saturated rings. The number of benzene rings is 2. The number of rotatable bonds is 6. The number of hydrogen-bond acceptors (Lipinski definition) is 5. The van der Waals surface area contributed by atoms with Gasteiger partial charge in [0.1, 0.15) is 29.0 Å². The fourth-order valence-corrected chi connectivity index (χ4v) is 3.57. The SMILES string of the molecule is O=C1NC(=S)S/C1=C\c1cc(Br)ccc1OCCOc1ccccc1. The van der Waals surface area contributed by atoms with Crippen LogP contribution in [-0.4, -0.2) is 23.4 Å². The molecule has 1 saturated heterocycles. The monoisotopic (exact) mass is 435 g/mol. The normalized spacial score (nSPS) is 15.3. The van der Waals surface area contributed by atoms with Crippen molar-refractivity contribution < 1.29 is 14.3 Å². The maximum atomic E-state index is 11.8. The van der Waals surface area contributed by atoms with E-state index < -0.39 is 0 Å². The Morgan fingerprint density at radius 2 is 1.88 bits per heavy atom. The summed E-state index contributed by atoms with van der Waals surface area (Å²) in [7, 11) is 0. The van der Waals surface area contributed by atoms with E-state index in [4.69, 9.17) is 21.7 Å². The van der Waals surface area contributed by atoms with E-state index in [2.05, 4.69) is 21.2 Å². The smallest absolute Gasteiger partial charge is 0.263 e. The standard InChI is InChI=1S/C18H14BrNO3S2/c19-13-6-7-15(23-9-8-22-14-4-2-1-3-5-14)12(10-13)11-16-17(21)20-18(24)25-16/h1-7,10-11H,8-9H2,(H,20,21,24)/b16-11-. The maximum Gasteiger partial charge on any atom is 0.263 e. The van der Waals surface area contributed by atoms with E-state index in [1.807, 2.05) is 48.5 Å². The molecular formula is C18H14BrNO3S2. The number of hydrogen-bond donors (Lipinski definition) is 1. The van der Waals surface area contributed by atoms with E-state index in [-0.39, 0.29) is 5.91 Å². The molecule has 1 N–H and O–H groups in total. The highest BCUT2D eigenvalue weighted by atomic mass is 79.9. The van der Waals surface area contributed by atoms with Crippen LogP contribution in [0, 0.1) is 0 Å². The van der Waals surface area contributed by atoms with Crippen LogP contribution in [0.1, 0.15) is 5.56 Å². The molecule has 2 aromatic carbocycles. The van der Waals surface area contributed by atoms with E-state index >= 15 is 0 Å². The Morgan fingerprint density at radius 1 is 1.12 bits per heavy atom. The maximum absolute atomic E-state index is 11.8. The van der Waals surface area contributed by atoms with Crippen LogP contribution in [0.3, 0.4) is 0 Å². The Kier molecular flexibility index (Phi) is 6.12. The Morgan fingerprint density at radius 3 is 2.60 bits per heavy atom. The molecular weight excluding hydrogens is 422 g/mol. The van der Waals surface area contributed by atoms with Crippen LogP contribution < -0.4 is 14.8 Å². The summed E-state index contributed by atoms with van der Waals surface area (Å²) in [4.78, 5) is 12.4. The van der Waals surface area contributed by atoms with E-state index in [0.717, 1.165) is 15.8 Å². The second-order valence-corrected chi connectivity index (χ2v) is 7.68. The summed E-state index contributed by atoms with van der Waals surface area (Å²) >= 11 is 9.70. The topological polar surface area (TPSA) is 47.6 Å². The van der Waals surface area contributed by atoms with Gasteiger partial charge < -0.3 is 14.8 Å². The molecule has 25 heavy (non-hydrogen) atoms. The Balaban J connectivity index is 1.66. The first kappa shape index (κ1) is 18.0. The number of amides is 1. The van der Waals surface area contributed by atoms with Crippen molar-refractivity contribution in [1.82, 2.24) is 5.32 Å². The van der Waals surface area contributed by atoms with Gasteiger partial charge in [-0.05, 0) is 36.4 Å². The van der Waals surface area contributed by atoms with Crippen molar-refractivity contribution in [3.8, 4) is 11.5 Å². The lowest BCUT2D eigenvalue weighted by Gasteiger charge is -2.11. The minimum Gasteiger partial charge on any atom is -0.490 e. The zero-order chi connectivity index (χ0) is 17.6. The second-order valence-electron chi connectivity index (χ2n) is 5.04. The highest BCUT2D eigenvalue weighted by molar-refractivity contribution is 9.10. The number of para-hydroxylation sites is 1. The van der Waals surface area contributed by atoms with Crippen LogP contribution in [0.4, 0.5) is 0 Å². The van der Waals surface area contributed by atoms with Crippen molar-refractivity contribution in [2.75, 3.05) is 13.2 Å². The van der Waals surface area contributed by atoms with Crippen LogP contribution in [0.15, 0.2) is 57.9 Å². The van der Waals surface area contributed by atoms with Gasteiger partial charge in [0.05, 0.1) is 4.91 Å². The van der Waals surface area contributed by atoms with Crippen molar-refractivity contribution >= 4 is 56.2 Å². The number of ether oxygens (including phenoxy) is 2. The number of thiocarbonyl (C=S) groups is 1. The molecule has 1 aliphatic rings. The molecule has 0 radical (unpaired) electrons. The quantitative estimate of drug-likeness (QED) is 0.414. The van der Waals surface area contributed by atoms with Gasteiger partial charge in [-0.15, -0.1) is 0 Å². The summed E-state index contributed by atoms with van der Waals surface area (Å²) < 4.78 is 12.8. The average molecular weight is 436 g/mol. The first-order valence-electron chi connectivity index (χ1n) is 7.47. The lowest BCUT2D eigenvalue weighted by atomic mass is 10.2. The van der Waals surface area contributed by atoms with Gasteiger partial charge in [0.2, 0.25) is 0 Å². The van der Waals surface area contributed by atoms with Crippen LogP contribution in [0.2, 0.25) is 0 Å². The lowest BCUT2D eigenvalue weighted by molar-refractivity contribution is -0.115. The van der Waals surface area contributed by atoms with Gasteiger partial charge in [-0.25, -0.2) is 0 Å². The van der Waals surface area contributed by atoms with E-state index in [0.29, 0.717) is 28.2 Å². The molecule has 4 nitrogen and oxygen atoms in total. The third-order valence-corrected chi connectivity index (χ3v) is 4.91. The number of nitrogens with one attached hydrogen (secondary N) is 1. The number of carbonyl (C=O) groups excluding carboxylic acids is 1. The van der Waals surface area contributed by atoms with E-state index in [1.165, 1.54) is 11.8 Å². The van der Waals surface area contributed by atoms with Gasteiger partial charge in [0.15, 0.2) is 0 Å². The number of carbonyl (C=O) groups is 1. The van der Waals surface area contributed by atoms with E-state index in [1.54, 1.807) is 6.08 Å². The predicted molar refractivity (Wildman–Crippen MR) is 108 cm³/mol. The van der Waals surface area contributed by atoms with Gasteiger partial charge in [-0.2, -0.15) is 0 Å². The van der Waals surface area contributed by atoms with Crippen LogP contribution >= 0.6 is 39.9 Å². The zero-order valence-corrected chi connectivity index (χ0v) is 16.2. The third kappa shape index (κ3) is 5.07. The molecule has 2 aromatic rings. The minimum atomic E-state index is -0.187. The molecule has 0 aliphatic carbocycles. The van der Waals surface area contributed by atoms with Gasteiger partial charge in [0.25, 0.3) is 5.91 Å². The average Bonchev–Trinajstić information content (AvgIpc) is 2.91. The highest BCUT2D eigenvalue weighted by Crippen LogP contribution is 2.31. The Hall–Kier alpha value is -1.83. The van der Waals surface area contributed by atoms with Crippen molar-refractivity contribution in [3.63, 3.8) is 0 Å². The molecule has 0 saturated carbocycles. The third-order valence-electron chi connectivity index (χ3n) is 3.25. The van der Waals surface area contributed by atoms with Gasteiger partial charge in [-0.3, -0.25) is 4.79 Å². The van der Waals surface area contributed by atoms with Crippen molar-refractivity contribution in [1.29, 1.82) is 0 Å². The minimum absolute atomic E-state index is 0.187. The van der Waals surface area contributed by atoms with Crippen LogP contribution in [0.25, 0.3) is 6.08 Å². The molecule has 1 amide bonds. The summed E-state index contributed by atoms with van der Waals surface area (Å²) in [6, 6.07) is 15.2. The summed E-state index contributed by atoms with van der Waals surface area (Å²) in [5.74, 6) is 1.30. The summed E-state index contributed by atoms with van der Waals surface area (Å²) in [6.45, 7) is 0.819. The largest absolute Gasteiger partial charge is 0.490 e. The highest BCUT2D eigenvalue weighted by Gasteiger charge is 2.22. The number of thioether (sulfide) groups is 1. The molecule has 3 rings (SSSR count). The molecule has 0 spiro atoms. The summed E-state index contributed by atoms with van der Waals surface area (Å²) in [5, 5.41) is 2.61. The van der Waals surface area contributed by atoms with Crippen LogP contribution in [0.5, 0.6) is 11.5 Å². The molecule has 1 heterocycles. The predicted octanol–water partition coefficient (Wildman–Crippen LogP) is 4.40. The van der Waals surface area contributed by atoms with Crippen molar-refractivity contribution in [2.24, 2.45) is 0 Å². The fourth-order valence-electron chi connectivity index (χ4n) is 2.15. The molecule has 1 aliphatic heterocycles. The van der Waals surface area contributed by atoms with Gasteiger partial charge in [-0.1, -0.05) is 58.1 Å². The lowest BCUT2D eigenvalue weighted by Crippen LogP contribution is -2.17. The molecule has 0 unspecified atom stereocenters. The number of halogens is 1. The first-order valence-corrected chi connectivity index (χ1v) is 9.48. The summed E-state index contributed by atoms with van der Waals surface area (Å²) in [5.41, 5.74) is 0.802. The van der Waals surface area contributed by atoms with Crippen LogP contribution in [-0.2, 0) is 4.79 Å². The van der Waals surface area contributed by atoms with Gasteiger partial charge in [0, 0.05) is 10.0 Å². The second kappa shape index (κ2) is 8.51. The van der Waals surface area contributed by atoms with E-state index in [9.17, 15) is 4.79 Å². The molecule has 7 heteroatoms. The van der Waals surface area contributed by atoms with Crippen molar-refractivity contribution in [2.45, 2.75) is 0 Å². The van der Waals surface area contributed by atoms with Gasteiger partial charge >= 0.3 is 0 Å².